The number of hydrogen-bond donors (Lipinski definition) is 2. The lowest BCUT2D eigenvalue weighted by Crippen LogP contribution is -2.40. The van der Waals surface area contributed by atoms with Crippen LogP contribution in [-0.4, -0.2) is 45.4 Å². The zero-order chi connectivity index (χ0) is 13.3. The van der Waals surface area contributed by atoms with Crippen LogP contribution in [0.1, 0.15) is 27.2 Å². The molecule has 1 atom stereocenters. The Bertz CT molecular complexity index is 218. The van der Waals surface area contributed by atoms with E-state index in [1.54, 1.807) is 0 Å². The first-order chi connectivity index (χ1) is 7.95. The Hall–Kier alpha value is -0.433. The highest BCUT2D eigenvalue weighted by atomic mass is 28.4. The molecule has 0 saturated heterocycles. The molecule has 0 aliphatic heterocycles. The van der Waals surface area contributed by atoms with Gasteiger partial charge in [0.25, 0.3) is 0 Å². The molecule has 0 saturated carbocycles. The summed E-state index contributed by atoms with van der Waals surface area (Å²) in [7, 11) is -2.06. The number of aliphatic hydroxyl groups is 1. The Balaban J connectivity index is 3.86. The normalized spacial score (nSPS) is 13.5. The Morgan fingerprint density at radius 3 is 2.29 bits per heavy atom. The molecule has 5 nitrogen and oxygen atoms in total. The topological polar surface area (TPSA) is 67.8 Å². The first-order valence-corrected chi connectivity index (χ1v) is 8.71. The van der Waals surface area contributed by atoms with Gasteiger partial charge in [0.15, 0.2) is 0 Å². The van der Waals surface area contributed by atoms with Crippen molar-refractivity contribution >= 4 is 14.5 Å². The van der Waals surface area contributed by atoms with E-state index in [4.69, 9.17) is 14.0 Å². The fourth-order valence-corrected chi connectivity index (χ4v) is 3.98. The van der Waals surface area contributed by atoms with Crippen molar-refractivity contribution in [2.24, 2.45) is 0 Å². The summed E-state index contributed by atoms with van der Waals surface area (Å²) in [6.07, 6.45) is -0.140. The minimum Gasteiger partial charge on any atom is -0.395 e. The van der Waals surface area contributed by atoms with Gasteiger partial charge in [-0.3, -0.25) is 4.79 Å². The fraction of sp³-hybridized carbons (Fsp3) is 0.909. The highest BCUT2D eigenvalue weighted by Gasteiger charge is 2.29. The number of carbonyl (C=O) groups is 1. The molecule has 0 radical (unpaired) electrons. The second-order valence-electron chi connectivity index (χ2n) is 4.07. The lowest BCUT2D eigenvalue weighted by atomic mass is 10.3. The average Bonchev–Trinajstić information content (AvgIpc) is 2.24. The zero-order valence-electron chi connectivity index (χ0n) is 11.3. The smallest absolute Gasteiger partial charge is 0.334 e. The predicted octanol–water partition coefficient (Wildman–Crippen LogP) is 1.02. The van der Waals surface area contributed by atoms with Gasteiger partial charge in [-0.1, -0.05) is 0 Å². The van der Waals surface area contributed by atoms with Crippen molar-refractivity contribution in [3.8, 4) is 0 Å². The minimum absolute atomic E-state index is 0.332. The summed E-state index contributed by atoms with van der Waals surface area (Å²) in [5.41, 5.74) is 0. The van der Waals surface area contributed by atoms with Gasteiger partial charge in [0, 0.05) is 19.8 Å². The van der Waals surface area contributed by atoms with Crippen molar-refractivity contribution in [3.05, 3.63) is 0 Å². The van der Waals surface area contributed by atoms with Gasteiger partial charge in [0.05, 0.1) is 0 Å². The van der Waals surface area contributed by atoms with E-state index in [-0.39, 0.29) is 5.91 Å². The number of amides is 1. The quantitative estimate of drug-likeness (QED) is 0.481. The van der Waals surface area contributed by atoms with Gasteiger partial charge >= 0.3 is 8.56 Å². The molecular weight excluding hydrogens is 238 g/mol. The molecule has 6 heteroatoms. The molecule has 0 heterocycles. The molecule has 0 aliphatic rings. The van der Waals surface area contributed by atoms with E-state index in [0.29, 0.717) is 19.8 Å². The average molecular weight is 263 g/mol. The molecule has 0 aromatic heterocycles. The first kappa shape index (κ1) is 16.6. The fourth-order valence-electron chi connectivity index (χ4n) is 1.57. The van der Waals surface area contributed by atoms with Crippen molar-refractivity contribution in [1.29, 1.82) is 0 Å². The second-order valence-corrected chi connectivity index (χ2v) is 7.42. The van der Waals surface area contributed by atoms with Crippen LogP contribution in [0.25, 0.3) is 0 Å². The van der Waals surface area contributed by atoms with E-state index in [9.17, 15) is 4.79 Å². The molecule has 0 spiro atoms. The number of aliphatic hydroxyl groups excluding tert-OH is 1. The van der Waals surface area contributed by atoms with Crippen LogP contribution in [0.5, 0.6) is 0 Å². The first-order valence-electron chi connectivity index (χ1n) is 6.19. The maximum Gasteiger partial charge on any atom is 0.334 e. The minimum atomic E-state index is -2.06. The van der Waals surface area contributed by atoms with Gasteiger partial charge < -0.3 is 19.3 Å². The van der Waals surface area contributed by atoms with E-state index in [0.717, 1.165) is 12.5 Å². The molecule has 17 heavy (non-hydrogen) atoms. The van der Waals surface area contributed by atoms with Crippen LogP contribution in [0.3, 0.4) is 0 Å². The Morgan fingerprint density at radius 1 is 1.35 bits per heavy atom. The Labute approximate surface area is 105 Å². The number of carbonyl (C=O) groups excluding carboxylic acids is 1. The van der Waals surface area contributed by atoms with E-state index in [2.05, 4.69) is 5.32 Å². The number of hydrogen-bond acceptors (Lipinski definition) is 4. The van der Waals surface area contributed by atoms with Gasteiger partial charge in [-0.25, -0.2) is 0 Å². The third-order valence-electron chi connectivity index (χ3n) is 2.39. The van der Waals surface area contributed by atoms with Crippen LogP contribution in [0.4, 0.5) is 0 Å². The van der Waals surface area contributed by atoms with E-state index in [1.165, 1.54) is 6.92 Å². The Kier molecular flexibility index (Phi) is 8.41. The molecule has 1 amide bonds. The van der Waals surface area contributed by atoms with E-state index >= 15 is 0 Å². The van der Waals surface area contributed by atoms with Crippen LogP contribution in [0, 0.1) is 0 Å². The van der Waals surface area contributed by atoms with Crippen LogP contribution >= 0.6 is 0 Å². The summed E-state index contributed by atoms with van der Waals surface area (Å²) in [4.78, 5) is 11.1. The van der Waals surface area contributed by atoms with Crippen molar-refractivity contribution in [2.75, 3.05) is 19.8 Å². The molecule has 0 aromatic carbocycles. The lowest BCUT2D eigenvalue weighted by Gasteiger charge is -2.25. The van der Waals surface area contributed by atoms with Gasteiger partial charge in [0.1, 0.15) is 6.10 Å². The standard InChI is InChI=1S/C11H25NO4Si/c1-5-15-17(4,16-6-2)9-7-8-12-11(14)10(3)13/h10,13H,5-9H2,1-4H3,(H,12,14). The second kappa shape index (κ2) is 8.63. The van der Waals surface area contributed by atoms with E-state index in [1.807, 2.05) is 20.4 Å². The van der Waals surface area contributed by atoms with Crippen LogP contribution in [0.2, 0.25) is 12.6 Å². The van der Waals surface area contributed by atoms with E-state index < -0.39 is 14.7 Å². The maximum atomic E-state index is 11.1. The highest BCUT2D eigenvalue weighted by Crippen LogP contribution is 2.15. The molecule has 102 valence electrons. The van der Waals surface area contributed by atoms with Crippen molar-refractivity contribution in [2.45, 2.75) is 45.9 Å². The van der Waals surface area contributed by atoms with Gasteiger partial charge in [-0.05, 0) is 39.8 Å². The lowest BCUT2D eigenvalue weighted by molar-refractivity contribution is -0.128. The molecule has 0 aromatic rings. The third kappa shape index (κ3) is 7.48. The molecule has 2 N–H and O–H groups in total. The zero-order valence-corrected chi connectivity index (χ0v) is 12.3. The van der Waals surface area contributed by atoms with Gasteiger partial charge in [0.2, 0.25) is 5.91 Å². The van der Waals surface area contributed by atoms with Crippen LogP contribution in [0.15, 0.2) is 0 Å². The summed E-state index contributed by atoms with van der Waals surface area (Å²) >= 11 is 0. The maximum absolute atomic E-state index is 11.1. The number of nitrogens with one attached hydrogen (secondary N) is 1. The molecule has 0 bridgehead atoms. The SMILES string of the molecule is CCO[Si](C)(CCCNC(=O)C(C)O)OCC. The number of rotatable bonds is 9. The molecular formula is C11H25NO4Si. The van der Waals surface area contributed by atoms with Crippen molar-refractivity contribution < 1.29 is 18.8 Å². The third-order valence-corrected chi connectivity index (χ3v) is 5.45. The summed E-state index contributed by atoms with van der Waals surface area (Å²) in [6, 6.07) is 0.842. The molecule has 1 unspecified atom stereocenters. The molecule has 0 fully saturated rings. The van der Waals surface area contributed by atoms with Crippen molar-refractivity contribution in [3.63, 3.8) is 0 Å². The summed E-state index contributed by atoms with van der Waals surface area (Å²) in [5.74, 6) is -0.332. The summed E-state index contributed by atoms with van der Waals surface area (Å²) in [6.45, 7) is 9.27. The molecule has 0 rings (SSSR count). The molecule has 0 aliphatic carbocycles. The van der Waals surface area contributed by atoms with Gasteiger partial charge in [-0.2, -0.15) is 0 Å². The summed E-state index contributed by atoms with van der Waals surface area (Å²) in [5, 5.41) is 11.7. The Morgan fingerprint density at radius 2 is 1.88 bits per heavy atom. The summed E-state index contributed by atoms with van der Waals surface area (Å²) < 4.78 is 11.4. The largest absolute Gasteiger partial charge is 0.395 e. The van der Waals surface area contributed by atoms with Crippen molar-refractivity contribution in [1.82, 2.24) is 5.32 Å². The van der Waals surface area contributed by atoms with Gasteiger partial charge in [-0.15, -0.1) is 0 Å². The van der Waals surface area contributed by atoms with Crippen LogP contribution < -0.4 is 5.32 Å². The monoisotopic (exact) mass is 263 g/mol. The highest BCUT2D eigenvalue weighted by molar-refractivity contribution is 6.66. The van der Waals surface area contributed by atoms with Crippen LogP contribution in [-0.2, 0) is 13.6 Å². The predicted molar refractivity (Wildman–Crippen MR) is 69.0 cm³/mol.